The van der Waals surface area contributed by atoms with Crippen LogP contribution in [0.1, 0.15) is 42.0 Å². The predicted octanol–water partition coefficient (Wildman–Crippen LogP) is 1.90. The van der Waals surface area contributed by atoms with Gasteiger partial charge in [-0.2, -0.15) is 0 Å². The number of aromatic nitrogens is 1. The zero-order valence-electron chi connectivity index (χ0n) is 13.9. The molecule has 0 aliphatic carbocycles. The van der Waals surface area contributed by atoms with Crippen LogP contribution in [0.25, 0.3) is 0 Å². The Balaban J connectivity index is 1.99. The molecule has 0 spiro atoms. The number of hydrogen-bond acceptors (Lipinski definition) is 2. The largest absolute Gasteiger partial charge is 0.362 e. The molecule has 122 valence electrons. The molecular weight excluding hydrogens is 280 g/mol. The lowest BCUT2D eigenvalue weighted by molar-refractivity contribution is 0.0761. The Hall–Kier alpha value is -1.98. The molecule has 2 rings (SSSR count). The number of aryl methyl sites for hydroxylation is 2. The first kappa shape index (κ1) is 16.4. The van der Waals surface area contributed by atoms with E-state index in [0.717, 1.165) is 23.4 Å². The van der Waals surface area contributed by atoms with Crippen molar-refractivity contribution in [1.29, 1.82) is 0 Å². The van der Waals surface area contributed by atoms with Gasteiger partial charge in [0.15, 0.2) is 0 Å². The third kappa shape index (κ3) is 3.81. The van der Waals surface area contributed by atoms with Crippen molar-refractivity contribution in [3.05, 3.63) is 23.0 Å². The highest BCUT2D eigenvalue weighted by atomic mass is 16.2. The smallest absolute Gasteiger partial charge is 0.317 e. The summed E-state index contributed by atoms with van der Waals surface area (Å²) in [4.78, 5) is 31.5. The van der Waals surface area contributed by atoms with E-state index in [1.54, 1.807) is 4.90 Å². The zero-order chi connectivity index (χ0) is 16.3. The summed E-state index contributed by atoms with van der Waals surface area (Å²) in [7, 11) is 0. The van der Waals surface area contributed by atoms with Crippen LogP contribution in [0.15, 0.2) is 6.07 Å². The summed E-state index contributed by atoms with van der Waals surface area (Å²) in [6, 6.07) is 1.98. The summed E-state index contributed by atoms with van der Waals surface area (Å²) < 4.78 is 0. The number of hydrogen-bond donors (Lipinski definition) is 2. The topological polar surface area (TPSA) is 68.4 Å². The average molecular weight is 306 g/mol. The second kappa shape index (κ2) is 6.85. The quantitative estimate of drug-likeness (QED) is 0.876. The van der Waals surface area contributed by atoms with Gasteiger partial charge in [-0.15, -0.1) is 0 Å². The van der Waals surface area contributed by atoms with E-state index in [1.165, 1.54) is 0 Å². The second-order valence-electron chi connectivity index (χ2n) is 6.23. The molecule has 1 aliphatic rings. The van der Waals surface area contributed by atoms with E-state index in [9.17, 15) is 9.59 Å². The fourth-order valence-electron chi connectivity index (χ4n) is 2.78. The number of nitrogens with one attached hydrogen (secondary N) is 2. The molecule has 6 heteroatoms. The van der Waals surface area contributed by atoms with Gasteiger partial charge in [0.25, 0.3) is 5.91 Å². The minimum Gasteiger partial charge on any atom is -0.362 e. The lowest BCUT2D eigenvalue weighted by Crippen LogP contribution is -2.44. The van der Waals surface area contributed by atoms with Crippen molar-refractivity contribution < 1.29 is 9.59 Å². The van der Waals surface area contributed by atoms with Crippen molar-refractivity contribution in [2.45, 2.75) is 40.2 Å². The molecule has 0 saturated carbocycles. The molecule has 1 saturated heterocycles. The van der Waals surface area contributed by atoms with Gasteiger partial charge < -0.3 is 20.1 Å². The van der Waals surface area contributed by atoms with Gasteiger partial charge in [0.2, 0.25) is 0 Å². The molecule has 0 aromatic carbocycles. The molecule has 0 atom stereocenters. The van der Waals surface area contributed by atoms with Crippen LogP contribution in [0.5, 0.6) is 0 Å². The number of nitrogens with zero attached hydrogens (tertiary/aromatic N) is 2. The molecule has 0 radical (unpaired) electrons. The van der Waals surface area contributed by atoms with Crippen molar-refractivity contribution in [3.8, 4) is 0 Å². The molecular formula is C16H26N4O2. The summed E-state index contributed by atoms with van der Waals surface area (Å²) in [6.45, 7) is 10.3. The molecule has 22 heavy (non-hydrogen) atoms. The zero-order valence-corrected chi connectivity index (χ0v) is 13.9. The first-order valence-corrected chi connectivity index (χ1v) is 7.89. The Morgan fingerprint density at radius 2 is 1.77 bits per heavy atom. The molecule has 6 nitrogen and oxygen atoms in total. The average Bonchev–Trinajstić information content (AvgIpc) is 2.65. The van der Waals surface area contributed by atoms with Crippen molar-refractivity contribution in [1.82, 2.24) is 20.1 Å². The maximum Gasteiger partial charge on any atom is 0.317 e. The van der Waals surface area contributed by atoms with Crippen LogP contribution in [0, 0.1) is 13.8 Å². The number of aromatic amines is 1. The summed E-state index contributed by atoms with van der Waals surface area (Å²) in [5.41, 5.74) is 2.63. The van der Waals surface area contributed by atoms with E-state index >= 15 is 0 Å². The number of carbonyl (C=O) groups excluding carboxylic acids is 2. The molecule has 2 N–H and O–H groups in total. The highest BCUT2D eigenvalue weighted by Crippen LogP contribution is 2.14. The first-order chi connectivity index (χ1) is 10.4. The minimum atomic E-state index is -0.0435. The van der Waals surface area contributed by atoms with Crippen LogP contribution in [-0.4, -0.2) is 58.9 Å². The molecule has 1 aromatic rings. The maximum absolute atomic E-state index is 12.6. The molecule has 2 heterocycles. The molecule has 1 fully saturated rings. The third-order valence-electron chi connectivity index (χ3n) is 3.86. The van der Waals surface area contributed by atoms with Gasteiger partial charge in [-0.3, -0.25) is 4.79 Å². The Bertz CT molecular complexity index is 550. The van der Waals surface area contributed by atoms with Gasteiger partial charge >= 0.3 is 6.03 Å². The van der Waals surface area contributed by atoms with Gasteiger partial charge in [-0.25, -0.2) is 4.79 Å². The standard InChI is InChI=1S/C16H26N4O2/c1-11(2)17-16(22)20-7-5-6-19(8-9-20)15(21)14-10-12(3)18-13(14)4/h10-11,18H,5-9H2,1-4H3,(H,17,22). The summed E-state index contributed by atoms with van der Waals surface area (Å²) in [5, 5.41) is 2.91. The van der Waals surface area contributed by atoms with Crippen molar-refractivity contribution >= 4 is 11.9 Å². The van der Waals surface area contributed by atoms with E-state index in [-0.39, 0.29) is 18.0 Å². The monoisotopic (exact) mass is 306 g/mol. The Morgan fingerprint density at radius 1 is 1.14 bits per heavy atom. The first-order valence-electron chi connectivity index (χ1n) is 7.89. The van der Waals surface area contributed by atoms with Crippen molar-refractivity contribution in [3.63, 3.8) is 0 Å². The van der Waals surface area contributed by atoms with E-state index < -0.39 is 0 Å². The molecule has 1 aliphatic heterocycles. The SMILES string of the molecule is Cc1cc(C(=O)N2CCCN(C(=O)NC(C)C)CC2)c(C)[nH]1. The molecule has 0 unspecified atom stereocenters. The van der Waals surface area contributed by atoms with Crippen LogP contribution >= 0.6 is 0 Å². The van der Waals surface area contributed by atoms with Crippen LogP contribution in [-0.2, 0) is 0 Å². The predicted molar refractivity (Wildman–Crippen MR) is 86.0 cm³/mol. The van der Waals surface area contributed by atoms with Crippen molar-refractivity contribution in [2.24, 2.45) is 0 Å². The Labute approximate surface area is 131 Å². The van der Waals surface area contributed by atoms with Gasteiger partial charge in [-0.05, 0) is 40.2 Å². The van der Waals surface area contributed by atoms with Crippen molar-refractivity contribution in [2.75, 3.05) is 26.2 Å². The number of rotatable bonds is 2. The maximum atomic E-state index is 12.6. The summed E-state index contributed by atoms with van der Waals surface area (Å²) in [5.74, 6) is 0.0490. The number of amides is 3. The number of H-pyrrole nitrogens is 1. The van der Waals surface area contributed by atoms with E-state index in [0.29, 0.717) is 26.2 Å². The van der Waals surface area contributed by atoms with E-state index in [2.05, 4.69) is 10.3 Å². The van der Waals surface area contributed by atoms with Gasteiger partial charge in [0.1, 0.15) is 0 Å². The highest BCUT2D eigenvalue weighted by Gasteiger charge is 2.24. The molecule has 3 amide bonds. The lowest BCUT2D eigenvalue weighted by atomic mass is 10.2. The number of carbonyl (C=O) groups is 2. The fraction of sp³-hybridized carbons (Fsp3) is 0.625. The molecule has 0 bridgehead atoms. The minimum absolute atomic E-state index is 0.0435. The Morgan fingerprint density at radius 3 is 2.36 bits per heavy atom. The highest BCUT2D eigenvalue weighted by molar-refractivity contribution is 5.95. The van der Waals surface area contributed by atoms with Crippen LogP contribution in [0.2, 0.25) is 0 Å². The lowest BCUT2D eigenvalue weighted by Gasteiger charge is -2.23. The normalized spacial score (nSPS) is 15.9. The second-order valence-corrected chi connectivity index (χ2v) is 6.23. The Kier molecular flexibility index (Phi) is 5.11. The fourth-order valence-corrected chi connectivity index (χ4v) is 2.78. The summed E-state index contributed by atoms with van der Waals surface area (Å²) in [6.07, 6.45) is 0.805. The van der Waals surface area contributed by atoms with Gasteiger partial charge in [-0.1, -0.05) is 0 Å². The number of urea groups is 1. The van der Waals surface area contributed by atoms with Gasteiger partial charge in [0.05, 0.1) is 5.56 Å². The third-order valence-corrected chi connectivity index (χ3v) is 3.86. The van der Waals surface area contributed by atoms with Crippen LogP contribution in [0.3, 0.4) is 0 Å². The van der Waals surface area contributed by atoms with Crippen LogP contribution < -0.4 is 5.32 Å². The molecule has 1 aromatic heterocycles. The van der Waals surface area contributed by atoms with E-state index in [1.807, 2.05) is 38.7 Å². The summed E-state index contributed by atoms with van der Waals surface area (Å²) >= 11 is 0. The van der Waals surface area contributed by atoms with E-state index in [4.69, 9.17) is 0 Å². The van der Waals surface area contributed by atoms with Crippen LogP contribution in [0.4, 0.5) is 4.79 Å². The van der Waals surface area contributed by atoms with Gasteiger partial charge in [0, 0.05) is 43.6 Å².